The molecule has 0 amide bonds. The Bertz CT molecular complexity index is 557. The number of nitrogens with zero attached hydrogens (tertiary/aromatic N) is 1. The monoisotopic (exact) mass is 321 g/mol. The van der Waals surface area contributed by atoms with Crippen LogP contribution < -0.4 is 14.2 Å². The lowest BCUT2D eigenvalue weighted by molar-refractivity contribution is 0.122. The van der Waals surface area contributed by atoms with Crippen molar-refractivity contribution >= 4 is 11.8 Å². The summed E-state index contributed by atoms with van der Waals surface area (Å²) in [6, 6.07) is 11.1. The molecule has 1 aromatic carbocycles. The summed E-state index contributed by atoms with van der Waals surface area (Å²) >= 11 is 1.48. The van der Waals surface area contributed by atoms with Crippen LogP contribution in [-0.4, -0.2) is 42.8 Å². The Balaban J connectivity index is 1.89. The topological polar surface area (TPSA) is 60.8 Å². The molecule has 1 heterocycles. The fourth-order valence-corrected chi connectivity index (χ4v) is 2.57. The lowest BCUT2D eigenvalue weighted by Crippen LogP contribution is -2.20. The molecule has 0 fully saturated rings. The molecule has 2 rings (SSSR count). The number of aliphatic hydroxyl groups is 1. The van der Waals surface area contributed by atoms with E-state index in [0.717, 1.165) is 5.03 Å². The van der Waals surface area contributed by atoms with Crippen molar-refractivity contribution in [1.29, 1.82) is 0 Å². The van der Waals surface area contributed by atoms with E-state index in [1.165, 1.54) is 11.8 Å². The average molecular weight is 321 g/mol. The third kappa shape index (κ3) is 4.54. The Morgan fingerprint density at radius 3 is 2.41 bits per heavy atom. The molecule has 0 unspecified atom stereocenters. The number of aliphatic hydroxyl groups excluding tert-OH is 1. The van der Waals surface area contributed by atoms with E-state index in [0.29, 0.717) is 23.0 Å². The summed E-state index contributed by atoms with van der Waals surface area (Å²) in [4.78, 5) is 4.19. The molecule has 0 aliphatic rings. The molecule has 0 saturated carbocycles. The van der Waals surface area contributed by atoms with Crippen LogP contribution in [0.1, 0.15) is 0 Å². The van der Waals surface area contributed by atoms with Gasteiger partial charge in [-0.2, -0.15) is 0 Å². The maximum Gasteiger partial charge on any atom is 0.203 e. The Kier molecular flexibility index (Phi) is 6.36. The fourth-order valence-electron chi connectivity index (χ4n) is 1.80. The van der Waals surface area contributed by atoms with E-state index in [1.807, 2.05) is 24.3 Å². The highest BCUT2D eigenvalue weighted by Gasteiger charge is 2.14. The minimum absolute atomic E-state index is 0.149. The van der Waals surface area contributed by atoms with E-state index in [4.69, 9.17) is 14.2 Å². The second kappa shape index (κ2) is 8.51. The molecule has 0 spiro atoms. The van der Waals surface area contributed by atoms with Gasteiger partial charge in [0.25, 0.3) is 0 Å². The molecule has 0 aliphatic carbocycles. The highest BCUT2D eigenvalue weighted by molar-refractivity contribution is 7.99. The second-order valence-corrected chi connectivity index (χ2v) is 5.48. The number of hydrogen-bond donors (Lipinski definition) is 1. The summed E-state index contributed by atoms with van der Waals surface area (Å²) < 4.78 is 16.2. The summed E-state index contributed by atoms with van der Waals surface area (Å²) in [6.07, 6.45) is 1.10. The number of thioether (sulfide) groups is 1. The highest BCUT2D eigenvalue weighted by Crippen LogP contribution is 2.36. The van der Waals surface area contributed by atoms with Gasteiger partial charge in [-0.3, -0.25) is 0 Å². The standard InChI is InChI=1S/C16H19NO4S/c1-19-13-6-5-7-14(20-2)16(13)21-10-12(18)11-22-15-8-3-4-9-17-15/h3-9,12,18H,10-11H2,1-2H3/t12-/m0/s1. The molecule has 1 N–H and O–H groups in total. The summed E-state index contributed by atoms with van der Waals surface area (Å²) in [7, 11) is 3.13. The minimum Gasteiger partial charge on any atom is -0.493 e. The normalized spacial score (nSPS) is 11.8. The Morgan fingerprint density at radius 2 is 1.82 bits per heavy atom. The van der Waals surface area contributed by atoms with Crippen molar-refractivity contribution in [3.8, 4) is 17.2 Å². The Morgan fingerprint density at radius 1 is 1.09 bits per heavy atom. The maximum absolute atomic E-state index is 10.0. The number of para-hydroxylation sites is 1. The van der Waals surface area contributed by atoms with E-state index < -0.39 is 6.10 Å². The first-order chi connectivity index (χ1) is 10.7. The zero-order valence-corrected chi connectivity index (χ0v) is 13.4. The number of methoxy groups -OCH3 is 2. The first-order valence-corrected chi connectivity index (χ1v) is 7.79. The van der Waals surface area contributed by atoms with E-state index in [9.17, 15) is 5.11 Å². The third-order valence-electron chi connectivity index (χ3n) is 2.86. The average Bonchev–Trinajstić information content (AvgIpc) is 2.58. The van der Waals surface area contributed by atoms with Gasteiger partial charge in [-0.15, -0.1) is 11.8 Å². The van der Waals surface area contributed by atoms with Crippen molar-refractivity contribution < 1.29 is 19.3 Å². The van der Waals surface area contributed by atoms with E-state index in [2.05, 4.69) is 4.98 Å². The van der Waals surface area contributed by atoms with Crippen LogP contribution in [0.15, 0.2) is 47.6 Å². The minimum atomic E-state index is -0.623. The zero-order chi connectivity index (χ0) is 15.8. The van der Waals surface area contributed by atoms with Crippen molar-refractivity contribution in [2.24, 2.45) is 0 Å². The summed E-state index contributed by atoms with van der Waals surface area (Å²) in [5.41, 5.74) is 0. The molecule has 1 aromatic heterocycles. The number of aromatic nitrogens is 1. The van der Waals surface area contributed by atoms with Gasteiger partial charge in [-0.1, -0.05) is 12.1 Å². The second-order valence-electron chi connectivity index (χ2n) is 4.44. The zero-order valence-electron chi connectivity index (χ0n) is 12.6. The van der Waals surface area contributed by atoms with E-state index in [-0.39, 0.29) is 6.61 Å². The quantitative estimate of drug-likeness (QED) is 0.754. The van der Waals surface area contributed by atoms with E-state index >= 15 is 0 Å². The van der Waals surface area contributed by atoms with Crippen LogP contribution in [0.4, 0.5) is 0 Å². The third-order valence-corrected chi connectivity index (χ3v) is 3.95. The number of rotatable bonds is 8. The predicted octanol–water partition coefficient (Wildman–Crippen LogP) is 2.63. The number of hydrogen-bond acceptors (Lipinski definition) is 6. The largest absolute Gasteiger partial charge is 0.493 e. The highest BCUT2D eigenvalue weighted by atomic mass is 32.2. The van der Waals surface area contributed by atoms with Gasteiger partial charge in [-0.05, 0) is 24.3 Å². The fraction of sp³-hybridized carbons (Fsp3) is 0.312. The molecule has 0 radical (unpaired) electrons. The van der Waals surface area contributed by atoms with Crippen molar-refractivity contribution in [3.05, 3.63) is 42.6 Å². The smallest absolute Gasteiger partial charge is 0.203 e. The predicted molar refractivity (Wildman–Crippen MR) is 86.0 cm³/mol. The molecule has 0 bridgehead atoms. The number of ether oxygens (including phenoxy) is 3. The lowest BCUT2D eigenvalue weighted by Gasteiger charge is -2.16. The summed E-state index contributed by atoms with van der Waals surface area (Å²) in [5, 5.41) is 10.9. The van der Waals surface area contributed by atoms with Crippen molar-refractivity contribution in [1.82, 2.24) is 4.98 Å². The van der Waals surface area contributed by atoms with Gasteiger partial charge in [0.2, 0.25) is 5.75 Å². The molecule has 0 saturated heterocycles. The van der Waals surface area contributed by atoms with Gasteiger partial charge in [0.05, 0.1) is 25.3 Å². The summed E-state index contributed by atoms with van der Waals surface area (Å²) in [5.74, 6) is 2.14. The molecule has 118 valence electrons. The van der Waals surface area contributed by atoms with Gasteiger partial charge in [0, 0.05) is 11.9 Å². The van der Waals surface area contributed by atoms with Gasteiger partial charge < -0.3 is 19.3 Å². The first kappa shape index (κ1) is 16.5. The van der Waals surface area contributed by atoms with Crippen LogP contribution in [0.5, 0.6) is 17.2 Å². The molecule has 22 heavy (non-hydrogen) atoms. The molecular formula is C16H19NO4S. The number of benzene rings is 1. The molecule has 0 aliphatic heterocycles. The maximum atomic E-state index is 10.0. The van der Waals surface area contributed by atoms with Crippen LogP contribution in [0.3, 0.4) is 0 Å². The SMILES string of the molecule is COc1cccc(OC)c1OC[C@H](O)CSc1ccccn1. The molecular weight excluding hydrogens is 302 g/mol. The van der Waals surface area contributed by atoms with Gasteiger partial charge in [0.1, 0.15) is 6.61 Å². The van der Waals surface area contributed by atoms with Crippen molar-refractivity contribution in [2.45, 2.75) is 11.1 Å². The van der Waals surface area contributed by atoms with Gasteiger partial charge in [-0.25, -0.2) is 4.98 Å². The van der Waals surface area contributed by atoms with Crippen LogP contribution in [0.25, 0.3) is 0 Å². The Hall–Kier alpha value is -1.92. The van der Waals surface area contributed by atoms with Crippen molar-refractivity contribution in [3.63, 3.8) is 0 Å². The van der Waals surface area contributed by atoms with Crippen LogP contribution in [0, 0.1) is 0 Å². The summed E-state index contributed by atoms with van der Waals surface area (Å²) in [6.45, 7) is 0.149. The van der Waals surface area contributed by atoms with Crippen LogP contribution in [-0.2, 0) is 0 Å². The van der Waals surface area contributed by atoms with E-state index in [1.54, 1.807) is 32.5 Å². The Labute approximate surface area is 134 Å². The lowest BCUT2D eigenvalue weighted by atomic mass is 10.3. The number of pyridine rings is 1. The molecule has 5 nitrogen and oxygen atoms in total. The molecule has 6 heteroatoms. The van der Waals surface area contributed by atoms with Crippen LogP contribution in [0.2, 0.25) is 0 Å². The van der Waals surface area contributed by atoms with Gasteiger partial charge in [0.15, 0.2) is 11.5 Å². The van der Waals surface area contributed by atoms with Crippen molar-refractivity contribution in [2.75, 3.05) is 26.6 Å². The first-order valence-electron chi connectivity index (χ1n) is 6.80. The molecule has 1 atom stereocenters. The van der Waals surface area contributed by atoms with Crippen LogP contribution >= 0.6 is 11.8 Å². The van der Waals surface area contributed by atoms with Gasteiger partial charge >= 0.3 is 0 Å². The molecule has 2 aromatic rings.